The number of carboxylic acids is 1. The van der Waals surface area contributed by atoms with E-state index in [9.17, 15) is 9.90 Å². The van der Waals surface area contributed by atoms with Crippen LogP contribution in [-0.4, -0.2) is 41.5 Å². The zero-order valence-electron chi connectivity index (χ0n) is 11.1. The fraction of sp³-hybridized carbons (Fsp3) is 0.545. The van der Waals surface area contributed by atoms with E-state index in [0.717, 1.165) is 5.69 Å². The predicted octanol–water partition coefficient (Wildman–Crippen LogP) is 0.972. The summed E-state index contributed by atoms with van der Waals surface area (Å²) in [6.07, 6.45) is 2.39. The molecule has 19 heavy (non-hydrogen) atoms. The van der Waals surface area contributed by atoms with E-state index in [1.807, 2.05) is 20.8 Å². The first-order chi connectivity index (χ1) is 9.06. The third kappa shape index (κ3) is 1.88. The molecule has 0 atom stereocenters. The quantitative estimate of drug-likeness (QED) is 0.832. The summed E-state index contributed by atoms with van der Waals surface area (Å²) in [5.41, 5.74) is 0.364. The van der Waals surface area contributed by atoms with Gasteiger partial charge in [-0.15, -0.1) is 5.10 Å². The number of hydrogen-bond acceptors (Lipinski definition) is 5. The van der Waals surface area contributed by atoms with E-state index >= 15 is 0 Å². The van der Waals surface area contributed by atoms with Gasteiger partial charge < -0.3 is 5.11 Å². The first kappa shape index (κ1) is 13.2. The number of tetrazole rings is 1. The molecule has 0 amide bonds. The number of aliphatic carboxylic acids is 1. The summed E-state index contributed by atoms with van der Waals surface area (Å²) in [6.45, 7) is 5.46. The Bertz CT molecular complexity index is 584. The normalized spacial score (nSPS) is 11.7. The number of rotatable bonds is 5. The predicted molar refractivity (Wildman–Crippen MR) is 66.3 cm³/mol. The van der Waals surface area contributed by atoms with Gasteiger partial charge in [-0.1, -0.05) is 13.8 Å². The van der Waals surface area contributed by atoms with Crippen molar-refractivity contribution >= 4 is 5.97 Å². The van der Waals surface area contributed by atoms with Gasteiger partial charge in [0.15, 0.2) is 11.4 Å². The number of carboxylic acid groups (broad SMARTS) is 1. The van der Waals surface area contributed by atoms with Gasteiger partial charge in [0.2, 0.25) is 0 Å². The maximum absolute atomic E-state index is 11.6. The monoisotopic (exact) mass is 264 g/mol. The van der Waals surface area contributed by atoms with E-state index in [2.05, 4.69) is 25.7 Å². The molecule has 0 bridgehead atoms. The molecule has 8 nitrogen and oxygen atoms in total. The van der Waals surface area contributed by atoms with Gasteiger partial charge in [-0.3, -0.25) is 5.10 Å². The lowest BCUT2D eigenvalue weighted by Gasteiger charge is -2.27. The zero-order valence-corrected chi connectivity index (χ0v) is 11.1. The molecule has 0 fully saturated rings. The number of nitrogens with one attached hydrogen (secondary N) is 1. The number of aromatic nitrogens is 6. The summed E-state index contributed by atoms with van der Waals surface area (Å²) in [7, 11) is 0. The SMILES string of the molecule is CCC(CC)(C(=O)O)n1nnnc1-c1cn[nH]c1C. The van der Waals surface area contributed by atoms with Gasteiger partial charge in [-0.2, -0.15) is 5.10 Å². The highest BCUT2D eigenvalue weighted by Crippen LogP contribution is 2.30. The number of aryl methyl sites for hydroxylation is 1. The molecule has 102 valence electrons. The van der Waals surface area contributed by atoms with Gasteiger partial charge in [-0.25, -0.2) is 9.48 Å². The van der Waals surface area contributed by atoms with E-state index in [-0.39, 0.29) is 0 Å². The van der Waals surface area contributed by atoms with Crippen LogP contribution in [0.15, 0.2) is 6.20 Å². The van der Waals surface area contributed by atoms with Gasteiger partial charge in [0.05, 0.1) is 11.8 Å². The molecule has 0 radical (unpaired) electrons. The molecule has 0 aliphatic heterocycles. The smallest absolute Gasteiger partial charge is 0.331 e. The molecule has 0 aromatic carbocycles. The minimum atomic E-state index is -1.14. The molecular weight excluding hydrogens is 248 g/mol. The Morgan fingerprint density at radius 1 is 1.47 bits per heavy atom. The van der Waals surface area contributed by atoms with Crippen molar-refractivity contribution < 1.29 is 9.90 Å². The van der Waals surface area contributed by atoms with Crippen LogP contribution < -0.4 is 0 Å². The van der Waals surface area contributed by atoms with Crippen LogP contribution >= 0.6 is 0 Å². The standard InChI is InChI=1S/C11H16N6O2/c1-4-11(5-2,10(18)19)17-9(14-15-16-17)8-6-12-13-7(8)3/h6H,4-5H2,1-3H3,(H,12,13)(H,18,19). The lowest BCUT2D eigenvalue weighted by atomic mass is 9.93. The average Bonchev–Trinajstić information content (AvgIpc) is 3.00. The van der Waals surface area contributed by atoms with Gasteiger partial charge in [-0.05, 0) is 30.2 Å². The van der Waals surface area contributed by atoms with Crippen molar-refractivity contribution in [2.45, 2.75) is 39.2 Å². The maximum atomic E-state index is 11.6. The first-order valence-electron chi connectivity index (χ1n) is 6.09. The zero-order chi connectivity index (χ0) is 14.0. The topological polar surface area (TPSA) is 110 Å². The summed E-state index contributed by atoms with van der Waals surface area (Å²) in [6, 6.07) is 0. The minimum Gasteiger partial charge on any atom is -0.479 e. The molecule has 2 aromatic rings. The van der Waals surface area contributed by atoms with Gasteiger partial charge in [0.1, 0.15) is 0 Å². The second-order valence-electron chi connectivity index (χ2n) is 4.37. The number of carbonyl (C=O) groups is 1. The second-order valence-corrected chi connectivity index (χ2v) is 4.37. The molecular formula is C11H16N6O2. The highest BCUT2D eigenvalue weighted by atomic mass is 16.4. The summed E-state index contributed by atoms with van der Waals surface area (Å²) >= 11 is 0. The molecule has 0 aliphatic carbocycles. The number of hydrogen-bond donors (Lipinski definition) is 2. The van der Waals surface area contributed by atoms with Crippen LogP contribution in [0.4, 0.5) is 0 Å². The number of nitrogens with zero attached hydrogens (tertiary/aromatic N) is 5. The number of aromatic amines is 1. The van der Waals surface area contributed by atoms with Gasteiger partial charge in [0, 0.05) is 5.69 Å². The molecule has 8 heteroatoms. The van der Waals surface area contributed by atoms with Crippen LogP contribution in [0.2, 0.25) is 0 Å². The Morgan fingerprint density at radius 2 is 2.16 bits per heavy atom. The molecule has 2 aromatic heterocycles. The third-order valence-electron chi connectivity index (χ3n) is 3.51. The summed E-state index contributed by atoms with van der Waals surface area (Å²) in [5.74, 6) is -0.524. The largest absolute Gasteiger partial charge is 0.479 e. The number of H-pyrrole nitrogens is 1. The van der Waals surface area contributed by atoms with Crippen LogP contribution in [0.3, 0.4) is 0 Å². The molecule has 0 spiro atoms. The first-order valence-corrected chi connectivity index (χ1v) is 6.09. The molecule has 2 heterocycles. The van der Waals surface area contributed by atoms with Crippen LogP contribution in [-0.2, 0) is 10.3 Å². The van der Waals surface area contributed by atoms with E-state index < -0.39 is 11.5 Å². The van der Waals surface area contributed by atoms with Crippen LogP contribution in [0.5, 0.6) is 0 Å². The Hall–Kier alpha value is -2.25. The fourth-order valence-electron chi connectivity index (χ4n) is 2.16. The Morgan fingerprint density at radius 3 is 2.63 bits per heavy atom. The Labute approximate surface area is 109 Å². The van der Waals surface area contributed by atoms with E-state index in [1.54, 1.807) is 6.20 Å². The molecule has 0 saturated carbocycles. The summed E-state index contributed by atoms with van der Waals surface area (Å²) in [4.78, 5) is 11.6. The lowest BCUT2D eigenvalue weighted by Crippen LogP contribution is -2.42. The molecule has 2 rings (SSSR count). The Balaban J connectivity index is 2.61. The summed E-state index contributed by atoms with van der Waals surface area (Å²) in [5, 5.41) is 27.7. The highest BCUT2D eigenvalue weighted by Gasteiger charge is 2.40. The van der Waals surface area contributed by atoms with E-state index in [1.165, 1.54) is 4.68 Å². The molecule has 0 aliphatic rings. The van der Waals surface area contributed by atoms with E-state index in [4.69, 9.17) is 0 Å². The minimum absolute atomic E-state index is 0.397. The van der Waals surface area contributed by atoms with E-state index in [0.29, 0.717) is 24.2 Å². The highest BCUT2D eigenvalue weighted by molar-refractivity contribution is 5.77. The van der Waals surface area contributed by atoms with Gasteiger partial charge >= 0.3 is 5.97 Å². The van der Waals surface area contributed by atoms with Crippen LogP contribution in [0, 0.1) is 6.92 Å². The summed E-state index contributed by atoms with van der Waals surface area (Å²) < 4.78 is 1.38. The van der Waals surface area contributed by atoms with Crippen molar-refractivity contribution in [2.75, 3.05) is 0 Å². The van der Waals surface area contributed by atoms with Crippen molar-refractivity contribution in [3.05, 3.63) is 11.9 Å². The Kier molecular flexibility index (Phi) is 3.32. The van der Waals surface area contributed by atoms with Crippen molar-refractivity contribution in [3.63, 3.8) is 0 Å². The lowest BCUT2D eigenvalue weighted by molar-refractivity contribution is -0.148. The molecule has 0 unspecified atom stereocenters. The average molecular weight is 264 g/mol. The fourth-order valence-corrected chi connectivity index (χ4v) is 2.16. The maximum Gasteiger partial charge on any atom is 0.331 e. The van der Waals surface area contributed by atoms with Crippen LogP contribution in [0.25, 0.3) is 11.4 Å². The van der Waals surface area contributed by atoms with Crippen molar-refractivity contribution in [1.82, 2.24) is 30.4 Å². The molecule has 0 saturated heterocycles. The second kappa shape index (κ2) is 4.79. The van der Waals surface area contributed by atoms with Crippen LogP contribution in [0.1, 0.15) is 32.4 Å². The van der Waals surface area contributed by atoms with Crippen molar-refractivity contribution in [2.24, 2.45) is 0 Å². The van der Waals surface area contributed by atoms with Crippen molar-refractivity contribution in [3.8, 4) is 11.4 Å². The van der Waals surface area contributed by atoms with Gasteiger partial charge in [0.25, 0.3) is 0 Å². The third-order valence-corrected chi connectivity index (χ3v) is 3.51. The van der Waals surface area contributed by atoms with Crippen molar-refractivity contribution in [1.29, 1.82) is 0 Å². The molecule has 2 N–H and O–H groups in total.